The highest BCUT2D eigenvalue weighted by molar-refractivity contribution is 7.99. The molecule has 0 bridgehead atoms. The number of ketones is 1. The Balaban J connectivity index is 2.08. The number of carbonyl (C=O) groups excluding carboxylic acids is 1. The number of hydrogen-bond donors (Lipinski definition) is 1. The number of aromatic amines is 1. The minimum Gasteiger partial charge on any atom is -0.301 e. The Morgan fingerprint density at radius 3 is 2.57 bits per heavy atom. The van der Waals surface area contributed by atoms with Crippen molar-refractivity contribution in [2.45, 2.75) is 25.4 Å². The van der Waals surface area contributed by atoms with Crippen molar-refractivity contribution >= 4 is 17.5 Å². The Bertz CT molecular complexity index is 711. The Morgan fingerprint density at radius 1 is 1.33 bits per heavy atom. The highest BCUT2D eigenvalue weighted by Gasteiger charge is 2.10. The first kappa shape index (κ1) is 15.4. The van der Waals surface area contributed by atoms with Gasteiger partial charge in [0.05, 0.1) is 5.75 Å². The lowest BCUT2D eigenvalue weighted by molar-refractivity contribution is 0.102. The maximum Gasteiger partial charge on any atom is 0.254 e. The summed E-state index contributed by atoms with van der Waals surface area (Å²) in [6.07, 6.45) is 0.619. The SMILES string of the molecule is CCc1c(C)nc(SCC(=O)c2ccc(F)cc2)[nH]c1=O. The third-order valence-electron chi connectivity index (χ3n) is 3.06. The summed E-state index contributed by atoms with van der Waals surface area (Å²) in [6.45, 7) is 3.67. The van der Waals surface area contributed by atoms with Gasteiger partial charge in [0.1, 0.15) is 5.82 Å². The van der Waals surface area contributed by atoms with Crippen LogP contribution >= 0.6 is 11.8 Å². The second-order valence-corrected chi connectivity index (χ2v) is 5.47. The van der Waals surface area contributed by atoms with Crippen molar-refractivity contribution in [3.63, 3.8) is 0 Å². The third kappa shape index (κ3) is 3.78. The molecule has 21 heavy (non-hydrogen) atoms. The first-order valence-corrected chi connectivity index (χ1v) is 7.51. The molecule has 2 aromatic rings. The average Bonchev–Trinajstić information content (AvgIpc) is 2.45. The molecule has 2 rings (SSSR count). The number of nitrogens with one attached hydrogen (secondary N) is 1. The molecule has 0 fully saturated rings. The molecule has 1 N–H and O–H groups in total. The predicted octanol–water partition coefficient (Wildman–Crippen LogP) is 2.75. The monoisotopic (exact) mass is 306 g/mol. The molecular weight excluding hydrogens is 291 g/mol. The molecule has 0 unspecified atom stereocenters. The predicted molar refractivity (Wildman–Crippen MR) is 80.4 cm³/mol. The van der Waals surface area contributed by atoms with Gasteiger partial charge in [0.25, 0.3) is 5.56 Å². The van der Waals surface area contributed by atoms with Crippen LogP contribution in [0.2, 0.25) is 0 Å². The number of rotatable bonds is 5. The first-order valence-electron chi connectivity index (χ1n) is 6.52. The molecule has 0 aliphatic heterocycles. The fourth-order valence-corrected chi connectivity index (χ4v) is 2.72. The van der Waals surface area contributed by atoms with Crippen LogP contribution in [-0.2, 0) is 6.42 Å². The Hall–Kier alpha value is -1.95. The van der Waals surface area contributed by atoms with Gasteiger partial charge in [-0.05, 0) is 37.6 Å². The second kappa shape index (κ2) is 6.67. The summed E-state index contributed by atoms with van der Waals surface area (Å²) in [7, 11) is 0. The standard InChI is InChI=1S/C15H15FN2O2S/c1-3-12-9(2)17-15(18-14(12)20)21-8-13(19)10-4-6-11(16)7-5-10/h4-7H,3,8H2,1-2H3,(H,17,18,20). The highest BCUT2D eigenvalue weighted by atomic mass is 32.2. The highest BCUT2D eigenvalue weighted by Crippen LogP contribution is 2.15. The van der Waals surface area contributed by atoms with Gasteiger partial charge in [0.2, 0.25) is 0 Å². The van der Waals surface area contributed by atoms with Crippen LogP contribution in [0.5, 0.6) is 0 Å². The van der Waals surface area contributed by atoms with Crippen LogP contribution in [0.4, 0.5) is 4.39 Å². The summed E-state index contributed by atoms with van der Waals surface area (Å²) >= 11 is 1.17. The Morgan fingerprint density at radius 2 is 2.00 bits per heavy atom. The zero-order chi connectivity index (χ0) is 15.4. The van der Waals surface area contributed by atoms with Crippen molar-refractivity contribution < 1.29 is 9.18 Å². The van der Waals surface area contributed by atoms with Crippen molar-refractivity contribution in [1.82, 2.24) is 9.97 Å². The number of halogens is 1. The van der Waals surface area contributed by atoms with E-state index in [0.29, 0.717) is 28.4 Å². The summed E-state index contributed by atoms with van der Waals surface area (Å²) < 4.78 is 12.8. The zero-order valence-corrected chi connectivity index (χ0v) is 12.6. The number of nitrogens with zero attached hydrogens (tertiary/aromatic N) is 1. The van der Waals surface area contributed by atoms with Crippen LogP contribution in [0.15, 0.2) is 34.2 Å². The van der Waals surface area contributed by atoms with Gasteiger partial charge in [-0.2, -0.15) is 0 Å². The molecule has 0 saturated carbocycles. The third-order valence-corrected chi connectivity index (χ3v) is 3.93. The van der Waals surface area contributed by atoms with Gasteiger partial charge in [0, 0.05) is 16.8 Å². The van der Waals surface area contributed by atoms with Crippen molar-refractivity contribution in [1.29, 1.82) is 0 Å². The van der Waals surface area contributed by atoms with E-state index in [1.165, 1.54) is 36.0 Å². The summed E-state index contributed by atoms with van der Waals surface area (Å²) in [5, 5.41) is 0.421. The molecule has 0 aliphatic rings. The lowest BCUT2D eigenvalue weighted by Crippen LogP contribution is -2.17. The molecular formula is C15H15FN2O2S. The number of carbonyl (C=O) groups is 1. The van der Waals surface area contributed by atoms with Gasteiger partial charge in [-0.3, -0.25) is 9.59 Å². The van der Waals surface area contributed by atoms with Crippen LogP contribution in [0.1, 0.15) is 28.5 Å². The summed E-state index contributed by atoms with van der Waals surface area (Å²) in [5.74, 6) is -0.379. The van der Waals surface area contributed by atoms with Crippen molar-refractivity contribution in [2.24, 2.45) is 0 Å². The van der Waals surface area contributed by atoms with Gasteiger partial charge >= 0.3 is 0 Å². The van der Waals surface area contributed by atoms with E-state index in [2.05, 4.69) is 9.97 Å². The van der Waals surface area contributed by atoms with Crippen LogP contribution < -0.4 is 5.56 Å². The largest absolute Gasteiger partial charge is 0.301 e. The van der Waals surface area contributed by atoms with Gasteiger partial charge in [0.15, 0.2) is 10.9 Å². The van der Waals surface area contributed by atoms with Crippen molar-refractivity contribution in [2.75, 3.05) is 5.75 Å². The van der Waals surface area contributed by atoms with E-state index in [0.717, 1.165) is 0 Å². The maximum absolute atomic E-state index is 12.8. The van der Waals surface area contributed by atoms with E-state index < -0.39 is 0 Å². The summed E-state index contributed by atoms with van der Waals surface area (Å²) in [4.78, 5) is 30.7. The Labute approximate surface area is 125 Å². The normalized spacial score (nSPS) is 10.6. The molecule has 0 radical (unpaired) electrons. The van der Waals surface area contributed by atoms with Crippen molar-refractivity contribution in [3.8, 4) is 0 Å². The zero-order valence-electron chi connectivity index (χ0n) is 11.8. The van der Waals surface area contributed by atoms with Crippen LogP contribution in [0.3, 0.4) is 0 Å². The minimum atomic E-state index is -0.379. The molecule has 0 spiro atoms. The minimum absolute atomic E-state index is 0.138. The second-order valence-electron chi connectivity index (χ2n) is 4.51. The number of thioether (sulfide) groups is 1. The number of H-pyrrole nitrogens is 1. The van der Waals surface area contributed by atoms with Gasteiger partial charge in [-0.25, -0.2) is 9.37 Å². The number of aryl methyl sites for hydroxylation is 1. The summed E-state index contributed by atoms with van der Waals surface area (Å²) in [6, 6.07) is 5.39. The Kier molecular flexibility index (Phi) is 4.90. The van der Waals surface area contributed by atoms with Gasteiger partial charge in [-0.1, -0.05) is 18.7 Å². The summed E-state index contributed by atoms with van der Waals surface area (Å²) in [5.41, 5.74) is 1.61. The smallest absolute Gasteiger partial charge is 0.254 e. The van der Waals surface area contributed by atoms with Crippen LogP contribution in [0, 0.1) is 12.7 Å². The molecule has 0 atom stereocenters. The molecule has 1 aromatic heterocycles. The fraction of sp³-hybridized carbons (Fsp3) is 0.267. The number of hydrogen-bond acceptors (Lipinski definition) is 4. The molecule has 4 nitrogen and oxygen atoms in total. The fourth-order valence-electron chi connectivity index (χ4n) is 1.92. The van der Waals surface area contributed by atoms with E-state index in [4.69, 9.17) is 0 Å². The maximum atomic E-state index is 12.8. The number of benzene rings is 1. The molecule has 0 aliphatic carbocycles. The lowest BCUT2D eigenvalue weighted by atomic mass is 10.1. The number of Topliss-reactive ketones (excluding diaryl/α,β-unsaturated/α-hetero) is 1. The van der Waals surface area contributed by atoms with Crippen LogP contribution in [-0.4, -0.2) is 21.5 Å². The van der Waals surface area contributed by atoms with E-state index >= 15 is 0 Å². The van der Waals surface area contributed by atoms with E-state index in [1.54, 1.807) is 6.92 Å². The molecule has 6 heteroatoms. The molecule has 0 saturated heterocycles. The molecule has 1 aromatic carbocycles. The molecule has 1 heterocycles. The topological polar surface area (TPSA) is 62.8 Å². The number of aromatic nitrogens is 2. The van der Waals surface area contributed by atoms with Gasteiger partial charge < -0.3 is 4.98 Å². The lowest BCUT2D eigenvalue weighted by Gasteiger charge is -2.05. The van der Waals surface area contributed by atoms with E-state index in [1.807, 2.05) is 6.92 Å². The molecule has 0 amide bonds. The molecule has 110 valence electrons. The average molecular weight is 306 g/mol. The van der Waals surface area contributed by atoms with Gasteiger partial charge in [-0.15, -0.1) is 0 Å². The van der Waals surface area contributed by atoms with E-state index in [-0.39, 0.29) is 22.9 Å². The first-order chi connectivity index (χ1) is 10.0. The van der Waals surface area contributed by atoms with Crippen molar-refractivity contribution in [3.05, 3.63) is 57.3 Å². The van der Waals surface area contributed by atoms with Crippen LogP contribution in [0.25, 0.3) is 0 Å². The van der Waals surface area contributed by atoms with E-state index in [9.17, 15) is 14.0 Å². The quantitative estimate of drug-likeness (QED) is 0.524.